The molecule has 1 aliphatic rings. The van der Waals surface area contributed by atoms with E-state index in [9.17, 15) is 0 Å². The summed E-state index contributed by atoms with van der Waals surface area (Å²) < 4.78 is 7.25. The molecule has 1 aromatic heterocycles. The van der Waals surface area contributed by atoms with Gasteiger partial charge in [0.05, 0.1) is 0 Å². The maximum absolute atomic E-state index is 6.29. The molecule has 0 saturated heterocycles. The lowest BCUT2D eigenvalue weighted by atomic mass is 10.0. The normalized spacial score (nSPS) is 15.3. The number of rotatable bonds is 2. The Bertz CT molecular complexity index is 995. The molecule has 0 saturated carbocycles. The molecule has 1 N–H and O–H groups in total. The van der Waals surface area contributed by atoms with Gasteiger partial charge in [0.2, 0.25) is 11.0 Å². The average Bonchev–Trinajstić information content (AvgIpc) is 2.79. The third-order valence-electron chi connectivity index (χ3n) is 4.29. The van der Waals surface area contributed by atoms with Crippen LogP contribution in [0.3, 0.4) is 0 Å². The lowest BCUT2D eigenvalue weighted by molar-refractivity contribution is 0.224. The number of aryl methyl sites for hydroxylation is 2. The van der Waals surface area contributed by atoms with Crippen LogP contribution in [0.2, 0.25) is 0 Å². The smallest absolute Gasteiger partial charge is 0.247 e. The summed E-state index contributed by atoms with van der Waals surface area (Å²) in [5.74, 6) is 0.486. The second-order valence-corrected chi connectivity index (χ2v) is 7.83. The zero-order valence-electron chi connectivity index (χ0n) is 14.6. The highest BCUT2D eigenvalue weighted by molar-refractivity contribution is 9.10. The molecule has 132 valence electrons. The summed E-state index contributed by atoms with van der Waals surface area (Å²) in [7, 11) is 0. The number of hydrogen-bond donors (Lipinski definition) is 1. The van der Waals surface area contributed by atoms with Gasteiger partial charge >= 0.3 is 0 Å². The van der Waals surface area contributed by atoms with Crippen LogP contribution in [0.5, 0.6) is 5.88 Å². The fourth-order valence-corrected chi connectivity index (χ4v) is 3.60. The molecule has 7 heteroatoms. The summed E-state index contributed by atoms with van der Waals surface area (Å²) in [5.41, 5.74) is 5.90. The Kier molecular flexibility index (Phi) is 4.58. The van der Waals surface area contributed by atoms with Gasteiger partial charge in [0.1, 0.15) is 0 Å². The first kappa shape index (κ1) is 17.3. The number of nitrogens with zero attached hydrogens (tertiary/aromatic N) is 3. The van der Waals surface area contributed by atoms with Crippen molar-refractivity contribution in [1.29, 1.82) is 0 Å². The summed E-state index contributed by atoms with van der Waals surface area (Å²) in [6.45, 7) is 4.16. The second-order valence-electron chi connectivity index (χ2n) is 6.14. The molecule has 4 rings (SSSR count). The molecule has 0 unspecified atom stereocenters. The largest absolute Gasteiger partial charge is 0.448 e. The van der Waals surface area contributed by atoms with Crippen LogP contribution in [0, 0.1) is 13.8 Å². The van der Waals surface area contributed by atoms with Crippen molar-refractivity contribution in [3.63, 3.8) is 0 Å². The van der Waals surface area contributed by atoms with Crippen molar-refractivity contribution < 1.29 is 4.74 Å². The molecule has 0 bridgehead atoms. The van der Waals surface area contributed by atoms with Crippen molar-refractivity contribution in [3.05, 3.63) is 57.6 Å². The standard InChI is InChI=1S/C19H17BrN4OS/c1-10-4-5-11(2)13(8-10)17-21-15-7-6-12(20)9-14(15)16-18(25-17)22-19(26-3)24-23-16/h4-9,17,21H,1-3H3/t17-/m0/s1. The van der Waals surface area contributed by atoms with E-state index in [0.717, 1.165) is 26.9 Å². The van der Waals surface area contributed by atoms with Crippen LogP contribution in [-0.2, 0) is 0 Å². The Hall–Kier alpha value is -2.12. The average molecular weight is 429 g/mol. The van der Waals surface area contributed by atoms with Crippen molar-refractivity contribution >= 4 is 33.4 Å². The first-order valence-electron chi connectivity index (χ1n) is 8.14. The van der Waals surface area contributed by atoms with Crippen molar-refractivity contribution in [1.82, 2.24) is 15.2 Å². The van der Waals surface area contributed by atoms with E-state index in [-0.39, 0.29) is 6.23 Å². The highest BCUT2D eigenvalue weighted by atomic mass is 79.9. The Balaban J connectivity index is 1.91. The second kappa shape index (κ2) is 6.89. The third-order valence-corrected chi connectivity index (χ3v) is 5.32. The minimum absolute atomic E-state index is 0.359. The van der Waals surface area contributed by atoms with E-state index in [1.54, 1.807) is 0 Å². The molecule has 2 heterocycles. The molecular weight excluding hydrogens is 412 g/mol. The molecule has 0 aliphatic carbocycles. The van der Waals surface area contributed by atoms with Crippen molar-refractivity contribution in [2.24, 2.45) is 0 Å². The van der Waals surface area contributed by atoms with Gasteiger partial charge in [-0.1, -0.05) is 51.5 Å². The molecule has 2 aromatic carbocycles. The van der Waals surface area contributed by atoms with Crippen LogP contribution in [0.25, 0.3) is 11.3 Å². The highest BCUT2D eigenvalue weighted by Crippen LogP contribution is 2.41. The maximum atomic E-state index is 6.29. The number of benzene rings is 2. The summed E-state index contributed by atoms with van der Waals surface area (Å²) in [6.07, 6.45) is 1.56. The van der Waals surface area contributed by atoms with Crippen LogP contribution in [0.4, 0.5) is 5.69 Å². The Morgan fingerprint density at radius 2 is 1.96 bits per heavy atom. The van der Waals surface area contributed by atoms with E-state index in [0.29, 0.717) is 16.7 Å². The lowest BCUT2D eigenvalue weighted by Gasteiger charge is -2.21. The summed E-state index contributed by atoms with van der Waals surface area (Å²) in [5, 5.41) is 12.7. The van der Waals surface area contributed by atoms with Crippen LogP contribution >= 0.6 is 27.7 Å². The van der Waals surface area contributed by atoms with Crippen molar-refractivity contribution in [2.75, 3.05) is 11.6 Å². The lowest BCUT2D eigenvalue weighted by Crippen LogP contribution is -2.18. The number of anilines is 1. The predicted octanol–water partition coefficient (Wildman–Crippen LogP) is 5.14. The first-order valence-corrected chi connectivity index (χ1v) is 10.2. The van der Waals surface area contributed by atoms with E-state index >= 15 is 0 Å². The molecule has 1 aliphatic heterocycles. The fourth-order valence-electron chi connectivity index (χ4n) is 2.94. The monoisotopic (exact) mass is 428 g/mol. The van der Waals surface area contributed by atoms with Crippen LogP contribution in [0.1, 0.15) is 22.9 Å². The molecule has 1 atom stereocenters. The number of halogens is 1. The number of hydrogen-bond acceptors (Lipinski definition) is 6. The molecule has 0 radical (unpaired) electrons. The number of aromatic nitrogens is 3. The molecule has 26 heavy (non-hydrogen) atoms. The number of thioether (sulfide) groups is 1. The van der Waals surface area contributed by atoms with Gasteiger partial charge in [0.15, 0.2) is 11.9 Å². The Morgan fingerprint density at radius 3 is 2.77 bits per heavy atom. The van der Waals surface area contributed by atoms with E-state index in [1.807, 2.05) is 24.5 Å². The summed E-state index contributed by atoms with van der Waals surface area (Å²) >= 11 is 4.98. The Labute approximate surface area is 164 Å². The van der Waals surface area contributed by atoms with Gasteiger partial charge in [-0.05, 0) is 43.9 Å². The topological polar surface area (TPSA) is 59.9 Å². The van der Waals surface area contributed by atoms with Gasteiger partial charge < -0.3 is 10.1 Å². The maximum Gasteiger partial charge on any atom is 0.247 e. The minimum atomic E-state index is -0.359. The molecule has 0 fully saturated rings. The predicted molar refractivity (Wildman–Crippen MR) is 108 cm³/mol. The molecule has 0 amide bonds. The van der Waals surface area contributed by atoms with Gasteiger partial charge in [-0.15, -0.1) is 10.2 Å². The summed E-state index contributed by atoms with van der Waals surface area (Å²) in [6, 6.07) is 12.4. The van der Waals surface area contributed by atoms with Crippen molar-refractivity contribution in [3.8, 4) is 17.1 Å². The number of nitrogens with one attached hydrogen (secondary N) is 1. The van der Waals surface area contributed by atoms with Crippen molar-refractivity contribution in [2.45, 2.75) is 25.2 Å². The fraction of sp³-hybridized carbons (Fsp3) is 0.211. The van der Waals surface area contributed by atoms with Crippen LogP contribution in [-0.4, -0.2) is 21.4 Å². The van der Waals surface area contributed by atoms with Gasteiger partial charge in [0.25, 0.3) is 0 Å². The molecule has 0 spiro atoms. The quantitative estimate of drug-likeness (QED) is 0.569. The number of fused-ring (bicyclic) bond motifs is 3. The molecule has 3 aromatic rings. The minimum Gasteiger partial charge on any atom is -0.448 e. The molecular formula is C19H17BrN4OS. The van der Waals surface area contributed by atoms with E-state index in [4.69, 9.17) is 4.74 Å². The van der Waals surface area contributed by atoms with E-state index in [1.165, 1.54) is 17.3 Å². The number of ether oxygens (including phenoxy) is 1. The van der Waals surface area contributed by atoms with Gasteiger partial charge in [-0.25, -0.2) is 0 Å². The SMILES string of the molecule is CSc1nnc2c(n1)O[C@@H](c1cc(C)ccc1C)Nc1ccc(Br)cc1-2. The third kappa shape index (κ3) is 3.17. The van der Waals surface area contributed by atoms with Gasteiger partial charge in [0, 0.05) is 21.3 Å². The van der Waals surface area contributed by atoms with E-state index in [2.05, 4.69) is 68.5 Å². The van der Waals surface area contributed by atoms with Gasteiger partial charge in [-0.3, -0.25) is 0 Å². The van der Waals surface area contributed by atoms with E-state index < -0.39 is 0 Å². The van der Waals surface area contributed by atoms with Crippen LogP contribution in [0.15, 0.2) is 46.0 Å². The first-order chi connectivity index (χ1) is 12.5. The van der Waals surface area contributed by atoms with Gasteiger partial charge in [-0.2, -0.15) is 4.98 Å². The van der Waals surface area contributed by atoms with Crippen LogP contribution < -0.4 is 10.1 Å². The summed E-state index contributed by atoms with van der Waals surface area (Å²) in [4.78, 5) is 4.56. The highest BCUT2D eigenvalue weighted by Gasteiger charge is 2.27. The molecule has 5 nitrogen and oxygen atoms in total. The zero-order chi connectivity index (χ0) is 18.3. The zero-order valence-corrected chi connectivity index (χ0v) is 17.0. The Morgan fingerprint density at radius 1 is 1.12 bits per heavy atom.